The number of hydrogen-bond acceptors (Lipinski definition) is 0. The van der Waals surface area contributed by atoms with E-state index in [1.54, 1.807) is 0 Å². The summed E-state index contributed by atoms with van der Waals surface area (Å²) < 4.78 is 0. The first kappa shape index (κ1) is 17.5. The maximum Gasteiger partial charge on any atom is -0.0316 e. The smallest absolute Gasteiger partial charge is 0.0316 e. The van der Waals surface area contributed by atoms with Crippen LogP contribution in [-0.4, -0.2) is 0 Å². The minimum Gasteiger partial charge on any atom is -0.0885 e. The van der Waals surface area contributed by atoms with E-state index in [0.29, 0.717) is 0 Å². The fraction of sp³-hybridized carbons (Fsp3) is 0.722. The molecule has 0 rings (SSSR count). The molecule has 0 aliphatic rings. The Hall–Kier alpha value is -0.520. The lowest BCUT2D eigenvalue weighted by atomic mass is 10.1. The summed E-state index contributed by atoms with van der Waals surface area (Å²) in [5.74, 6) is 0. The zero-order chi connectivity index (χ0) is 13.3. The molecule has 0 aromatic rings. The first-order valence-corrected chi connectivity index (χ1v) is 8.01. The van der Waals surface area contributed by atoms with Crippen molar-refractivity contribution < 1.29 is 0 Å². The first-order valence-electron chi connectivity index (χ1n) is 8.01. The van der Waals surface area contributed by atoms with Crippen LogP contribution in [0, 0.1) is 6.92 Å². The first-order chi connectivity index (χ1) is 8.91. The summed E-state index contributed by atoms with van der Waals surface area (Å²) in [4.78, 5) is 0. The van der Waals surface area contributed by atoms with Crippen molar-refractivity contribution >= 4 is 0 Å². The number of allylic oxidation sites excluding steroid dienone is 4. The standard InChI is InChI=1S/C18H33/c1-3-5-7-9-11-13-15-17-18-16-14-12-10-8-6-4-2/h10,12,17-18H,1,3-9,11,13-16H2,2H3. The molecule has 0 heteroatoms. The molecule has 105 valence electrons. The van der Waals surface area contributed by atoms with Gasteiger partial charge in [0.2, 0.25) is 0 Å². The van der Waals surface area contributed by atoms with E-state index in [-0.39, 0.29) is 0 Å². The predicted octanol–water partition coefficient (Wildman–Crippen LogP) is 6.63. The van der Waals surface area contributed by atoms with Crippen molar-refractivity contribution in [2.45, 2.75) is 84.0 Å². The van der Waals surface area contributed by atoms with Crippen LogP contribution < -0.4 is 0 Å². The predicted molar refractivity (Wildman–Crippen MR) is 84.7 cm³/mol. The highest BCUT2D eigenvalue weighted by Gasteiger charge is 1.87. The third-order valence-corrected chi connectivity index (χ3v) is 3.18. The average molecular weight is 249 g/mol. The summed E-state index contributed by atoms with van der Waals surface area (Å²) in [6.07, 6.45) is 24.9. The van der Waals surface area contributed by atoms with Crippen molar-refractivity contribution in [2.75, 3.05) is 0 Å². The van der Waals surface area contributed by atoms with Crippen molar-refractivity contribution in [3.05, 3.63) is 31.2 Å². The van der Waals surface area contributed by atoms with Crippen molar-refractivity contribution in [2.24, 2.45) is 0 Å². The van der Waals surface area contributed by atoms with E-state index in [1.165, 1.54) is 70.6 Å². The van der Waals surface area contributed by atoms with E-state index in [0.717, 1.165) is 6.42 Å². The molecule has 0 aliphatic carbocycles. The average Bonchev–Trinajstić information content (AvgIpc) is 2.39. The zero-order valence-corrected chi connectivity index (χ0v) is 12.5. The fourth-order valence-electron chi connectivity index (χ4n) is 1.96. The number of rotatable bonds is 13. The maximum absolute atomic E-state index is 3.87. The van der Waals surface area contributed by atoms with Crippen LogP contribution in [0.2, 0.25) is 0 Å². The molecule has 0 spiro atoms. The normalized spacial score (nSPS) is 11.9. The van der Waals surface area contributed by atoms with Crippen LogP contribution in [0.3, 0.4) is 0 Å². The Labute approximate surface area is 116 Å². The molecule has 0 nitrogen and oxygen atoms in total. The van der Waals surface area contributed by atoms with Crippen LogP contribution >= 0.6 is 0 Å². The third kappa shape index (κ3) is 15.5. The molecule has 0 aromatic heterocycles. The molecule has 0 atom stereocenters. The molecular weight excluding hydrogens is 216 g/mol. The second-order valence-corrected chi connectivity index (χ2v) is 5.07. The van der Waals surface area contributed by atoms with Crippen LogP contribution in [0.5, 0.6) is 0 Å². The van der Waals surface area contributed by atoms with Gasteiger partial charge in [-0.2, -0.15) is 0 Å². The van der Waals surface area contributed by atoms with Gasteiger partial charge in [0.05, 0.1) is 0 Å². The van der Waals surface area contributed by atoms with E-state index in [4.69, 9.17) is 0 Å². The summed E-state index contributed by atoms with van der Waals surface area (Å²) in [5.41, 5.74) is 0. The Morgan fingerprint density at radius 3 is 1.72 bits per heavy atom. The lowest BCUT2D eigenvalue weighted by Gasteiger charge is -1.97. The number of hydrogen-bond donors (Lipinski definition) is 0. The largest absolute Gasteiger partial charge is 0.0885 e. The van der Waals surface area contributed by atoms with Gasteiger partial charge in [0.15, 0.2) is 0 Å². The summed E-state index contributed by atoms with van der Waals surface area (Å²) in [6, 6.07) is 0. The van der Waals surface area contributed by atoms with E-state index < -0.39 is 0 Å². The Bertz CT molecular complexity index is 188. The van der Waals surface area contributed by atoms with Gasteiger partial charge < -0.3 is 0 Å². The Kier molecular flexibility index (Phi) is 16.0. The second-order valence-electron chi connectivity index (χ2n) is 5.07. The van der Waals surface area contributed by atoms with Crippen molar-refractivity contribution in [3.8, 4) is 0 Å². The Morgan fingerprint density at radius 2 is 1.11 bits per heavy atom. The van der Waals surface area contributed by atoms with Crippen LogP contribution in [-0.2, 0) is 0 Å². The molecule has 0 unspecified atom stereocenters. The monoisotopic (exact) mass is 249 g/mol. The molecule has 0 saturated carbocycles. The van der Waals surface area contributed by atoms with Gasteiger partial charge in [-0.25, -0.2) is 0 Å². The van der Waals surface area contributed by atoms with Gasteiger partial charge in [0.1, 0.15) is 0 Å². The lowest BCUT2D eigenvalue weighted by molar-refractivity contribution is 0.621. The SMILES string of the molecule is [CH2]CCCCCCCC=CCCC=CCCCC. The van der Waals surface area contributed by atoms with Crippen molar-refractivity contribution in [1.82, 2.24) is 0 Å². The van der Waals surface area contributed by atoms with Gasteiger partial charge in [-0.3, -0.25) is 0 Å². The highest BCUT2D eigenvalue weighted by molar-refractivity contribution is 4.87. The summed E-state index contributed by atoms with van der Waals surface area (Å²) in [7, 11) is 0. The summed E-state index contributed by atoms with van der Waals surface area (Å²) in [5, 5.41) is 0. The molecule has 0 aromatic carbocycles. The van der Waals surface area contributed by atoms with Gasteiger partial charge in [0, 0.05) is 0 Å². The summed E-state index contributed by atoms with van der Waals surface area (Å²) in [6.45, 7) is 6.11. The van der Waals surface area contributed by atoms with Crippen LogP contribution in [0.4, 0.5) is 0 Å². The Balaban J connectivity index is 3.11. The minimum absolute atomic E-state index is 1.10. The van der Waals surface area contributed by atoms with E-state index in [1.807, 2.05) is 0 Å². The van der Waals surface area contributed by atoms with Gasteiger partial charge in [-0.15, -0.1) is 0 Å². The second kappa shape index (κ2) is 16.5. The van der Waals surface area contributed by atoms with Crippen molar-refractivity contribution in [3.63, 3.8) is 0 Å². The van der Waals surface area contributed by atoms with Gasteiger partial charge in [0.25, 0.3) is 0 Å². The quantitative estimate of drug-likeness (QED) is 0.254. The topological polar surface area (TPSA) is 0 Å². The van der Waals surface area contributed by atoms with Crippen molar-refractivity contribution in [1.29, 1.82) is 0 Å². The molecule has 1 radical (unpaired) electrons. The molecule has 0 saturated heterocycles. The van der Waals surface area contributed by atoms with Crippen LogP contribution in [0.25, 0.3) is 0 Å². The number of unbranched alkanes of at least 4 members (excludes halogenated alkanes) is 9. The molecule has 0 N–H and O–H groups in total. The maximum atomic E-state index is 3.87. The van der Waals surface area contributed by atoms with Gasteiger partial charge in [-0.05, 0) is 32.1 Å². The summed E-state index contributed by atoms with van der Waals surface area (Å²) >= 11 is 0. The fourth-order valence-corrected chi connectivity index (χ4v) is 1.96. The van der Waals surface area contributed by atoms with Gasteiger partial charge in [-0.1, -0.05) is 83.1 Å². The van der Waals surface area contributed by atoms with Crippen LogP contribution in [0.15, 0.2) is 24.3 Å². The molecule has 18 heavy (non-hydrogen) atoms. The zero-order valence-electron chi connectivity index (χ0n) is 12.5. The molecular formula is C18H33. The van der Waals surface area contributed by atoms with Gasteiger partial charge >= 0.3 is 0 Å². The third-order valence-electron chi connectivity index (χ3n) is 3.18. The molecule has 0 bridgehead atoms. The molecule has 0 aliphatic heterocycles. The highest BCUT2D eigenvalue weighted by atomic mass is 13.9. The molecule has 0 heterocycles. The van der Waals surface area contributed by atoms with E-state index in [9.17, 15) is 0 Å². The van der Waals surface area contributed by atoms with E-state index in [2.05, 4.69) is 38.2 Å². The minimum atomic E-state index is 1.10. The lowest BCUT2D eigenvalue weighted by Crippen LogP contribution is -1.77. The Morgan fingerprint density at radius 1 is 0.611 bits per heavy atom. The molecule has 0 fully saturated rings. The highest BCUT2D eigenvalue weighted by Crippen LogP contribution is 2.07. The van der Waals surface area contributed by atoms with Crippen LogP contribution in [0.1, 0.15) is 84.0 Å². The van der Waals surface area contributed by atoms with E-state index >= 15 is 0 Å². The molecule has 0 amide bonds.